The zero-order valence-electron chi connectivity index (χ0n) is 14.2. The van der Waals surface area contributed by atoms with Crippen molar-refractivity contribution in [1.29, 1.82) is 0 Å². The quantitative estimate of drug-likeness (QED) is 0.480. The summed E-state index contributed by atoms with van der Waals surface area (Å²) < 4.78 is 0. The smallest absolute Gasteiger partial charge is 0.191 e. The Hall–Kier alpha value is -0.420. The molecule has 0 amide bonds. The number of nitrogens with one attached hydrogen (secondary N) is 2. The lowest BCUT2D eigenvalue weighted by Gasteiger charge is -2.21. The zero-order valence-corrected chi connectivity index (χ0v) is 15.0. The number of nitrogens with zero attached hydrogens (tertiary/aromatic N) is 2. The Morgan fingerprint density at radius 1 is 1.25 bits per heavy atom. The number of hydrogen-bond donors (Lipinski definition) is 2. The van der Waals surface area contributed by atoms with Gasteiger partial charge in [-0.05, 0) is 45.7 Å². The lowest BCUT2D eigenvalue weighted by molar-refractivity contribution is 0.292. The average molecular weight is 303 g/mol. The van der Waals surface area contributed by atoms with Gasteiger partial charge in [-0.2, -0.15) is 11.8 Å². The number of aliphatic imine (C=N–C) groups is 1. The van der Waals surface area contributed by atoms with Gasteiger partial charge in [0.1, 0.15) is 0 Å². The summed E-state index contributed by atoms with van der Waals surface area (Å²) in [7, 11) is 1.84. The molecule has 120 valence electrons. The molecule has 0 radical (unpaired) electrons. The minimum absolute atomic E-state index is 0.460. The van der Waals surface area contributed by atoms with E-state index >= 15 is 0 Å². The van der Waals surface area contributed by atoms with Crippen molar-refractivity contribution in [1.82, 2.24) is 15.5 Å². The largest absolute Gasteiger partial charge is 0.355 e. The van der Waals surface area contributed by atoms with Crippen molar-refractivity contribution in [3.8, 4) is 0 Å². The maximum absolute atomic E-state index is 4.28. The summed E-state index contributed by atoms with van der Waals surface area (Å²) >= 11 is 1.87. The van der Waals surface area contributed by atoms with Crippen molar-refractivity contribution in [2.45, 2.75) is 51.8 Å². The van der Waals surface area contributed by atoms with Gasteiger partial charge >= 0.3 is 0 Å². The number of thioether (sulfide) groups is 1. The molecule has 0 aromatic rings. The highest BCUT2D eigenvalue weighted by Gasteiger charge is 2.07. The lowest BCUT2D eigenvalue weighted by atomic mass is 10.2. The van der Waals surface area contributed by atoms with Crippen LogP contribution in [0.15, 0.2) is 4.99 Å². The van der Waals surface area contributed by atoms with Crippen molar-refractivity contribution in [3.05, 3.63) is 0 Å². The van der Waals surface area contributed by atoms with Crippen molar-refractivity contribution in [2.75, 3.05) is 39.5 Å². The summed E-state index contributed by atoms with van der Waals surface area (Å²) in [4.78, 5) is 6.76. The topological polar surface area (TPSA) is 39.7 Å². The van der Waals surface area contributed by atoms with E-state index in [1.807, 2.05) is 18.8 Å². The highest BCUT2D eigenvalue weighted by molar-refractivity contribution is 7.99. The van der Waals surface area contributed by atoms with Crippen LogP contribution in [0.1, 0.15) is 40.5 Å². The Morgan fingerprint density at radius 2 is 1.90 bits per heavy atom. The molecule has 0 bridgehead atoms. The molecule has 0 saturated heterocycles. The first-order valence-corrected chi connectivity index (χ1v) is 9.08. The van der Waals surface area contributed by atoms with Crippen LogP contribution in [0.5, 0.6) is 0 Å². The Morgan fingerprint density at radius 3 is 2.40 bits per heavy atom. The fourth-order valence-electron chi connectivity index (χ4n) is 1.98. The molecule has 20 heavy (non-hydrogen) atoms. The molecule has 0 aliphatic carbocycles. The lowest BCUT2D eigenvalue weighted by Crippen LogP contribution is -2.44. The van der Waals surface area contributed by atoms with Gasteiger partial charge in [0.2, 0.25) is 0 Å². The molecular formula is C15H34N4S. The molecule has 2 unspecified atom stereocenters. The summed E-state index contributed by atoms with van der Waals surface area (Å²) in [6, 6.07) is 0.460. The molecule has 0 heterocycles. The third kappa shape index (κ3) is 9.48. The third-order valence-electron chi connectivity index (χ3n) is 3.57. The molecule has 0 saturated carbocycles. The molecule has 5 heteroatoms. The molecule has 0 rings (SSSR count). The van der Waals surface area contributed by atoms with Gasteiger partial charge in [-0.3, -0.25) is 4.99 Å². The van der Waals surface area contributed by atoms with Crippen LogP contribution in [0.3, 0.4) is 0 Å². The van der Waals surface area contributed by atoms with Gasteiger partial charge < -0.3 is 15.5 Å². The molecule has 0 fully saturated rings. The highest BCUT2D eigenvalue weighted by Crippen LogP contribution is 2.03. The second-order valence-corrected chi connectivity index (χ2v) is 6.49. The second kappa shape index (κ2) is 12.3. The minimum Gasteiger partial charge on any atom is -0.355 e. The maximum Gasteiger partial charge on any atom is 0.191 e. The van der Waals surface area contributed by atoms with Crippen molar-refractivity contribution < 1.29 is 0 Å². The van der Waals surface area contributed by atoms with Crippen LogP contribution in [0.25, 0.3) is 0 Å². The van der Waals surface area contributed by atoms with Gasteiger partial charge in [0.05, 0.1) is 0 Å². The van der Waals surface area contributed by atoms with Gasteiger partial charge in [-0.15, -0.1) is 0 Å². The fourth-order valence-corrected chi connectivity index (χ4v) is 2.23. The molecule has 0 aromatic heterocycles. The SMILES string of the molecule is CCN(CC)CCCC(C)NC(=NC)NCC(C)SC. The van der Waals surface area contributed by atoms with Crippen molar-refractivity contribution >= 4 is 17.7 Å². The molecule has 4 nitrogen and oxygen atoms in total. The van der Waals surface area contributed by atoms with Crippen LogP contribution < -0.4 is 10.6 Å². The molecule has 2 atom stereocenters. The third-order valence-corrected chi connectivity index (χ3v) is 4.54. The Balaban J connectivity index is 3.89. The molecule has 0 aliphatic heterocycles. The van der Waals surface area contributed by atoms with E-state index in [9.17, 15) is 0 Å². The highest BCUT2D eigenvalue weighted by atomic mass is 32.2. The van der Waals surface area contributed by atoms with E-state index in [1.54, 1.807) is 0 Å². The summed E-state index contributed by atoms with van der Waals surface area (Å²) in [5, 5.41) is 7.45. The first-order chi connectivity index (χ1) is 9.57. The van der Waals surface area contributed by atoms with Gasteiger partial charge in [0.25, 0.3) is 0 Å². The maximum atomic E-state index is 4.28. The second-order valence-electron chi connectivity index (χ2n) is 5.21. The van der Waals surface area contributed by atoms with E-state index < -0.39 is 0 Å². The molecule has 2 N–H and O–H groups in total. The predicted molar refractivity (Wildman–Crippen MR) is 94.0 cm³/mol. The van der Waals surface area contributed by atoms with Crippen LogP contribution in [-0.2, 0) is 0 Å². The first kappa shape index (κ1) is 19.6. The van der Waals surface area contributed by atoms with E-state index in [0.717, 1.165) is 25.6 Å². The van der Waals surface area contributed by atoms with Gasteiger partial charge in [0, 0.05) is 24.9 Å². The van der Waals surface area contributed by atoms with E-state index in [0.29, 0.717) is 11.3 Å². The zero-order chi connectivity index (χ0) is 15.4. The number of rotatable bonds is 10. The van der Waals surface area contributed by atoms with Gasteiger partial charge in [0.15, 0.2) is 5.96 Å². The van der Waals surface area contributed by atoms with Crippen LogP contribution >= 0.6 is 11.8 Å². The van der Waals surface area contributed by atoms with Gasteiger partial charge in [-0.25, -0.2) is 0 Å². The predicted octanol–water partition coefficient (Wildman–Crippen LogP) is 2.41. The van der Waals surface area contributed by atoms with Crippen LogP contribution in [0.2, 0.25) is 0 Å². The van der Waals surface area contributed by atoms with Crippen LogP contribution in [0.4, 0.5) is 0 Å². The minimum atomic E-state index is 0.460. The van der Waals surface area contributed by atoms with E-state index in [2.05, 4.69) is 54.5 Å². The molecule has 0 spiro atoms. The summed E-state index contributed by atoms with van der Waals surface area (Å²) in [5.41, 5.74) is 0. The monoisotopic (exact) mass is 302 g/mol. The van der Waals surface area contributed by atoms with E-state index in [4.69, 9.17) is 0 Å². The van der Waals surface area contributed by atoms with E-state index in [1.165, 1.54) is 19.4 Å². The summed E-state index contributed by atoms with van der Waals surface area (Å²) in [5.74, 6) is 0.918. The molecular weight excluding hydrogens is 268 g/mol. The van der Waals surface area contributed by atoms with Crippen LogP contribution in [0, 0.1) is 0 Å². The van der Waals surface area contributed by atoms with Crippen molar-refractivity contribution in [2.24, 2.45) is 4.99 Å². The summed E-state index contributed by atoms with van der Waals surface area (Å²) in [6.07, 6.45) is 4.54. The average Bonchev–Trinajstić information content (AvgIpc) is 2.47. The van der Waals surface area contributed by atoms with Crippen molar-refractivity contribution in [3.63, 3.8) is 0 Å². The Bertz CT molecular complexity index is 254. The number of hydrogen-bond acceptors (Lipinski definition) is 3. The standard InChI is InChI=1S/C15H34N4S/c1-7-19(8-2)11-9-10-13(3)18-15(16-5)17-12-14(4)20-6/h13-14H,7-12H2,1-6H3,(H2,16,17,18). The summed E-state index contributed by atoms with van der Waals surface area (Å²) in [6.45, 7) is 13.3. The normalized spacial score (nSPS) is 15.2. The molecule has 0 aromatic carbocycles. The van der Waals surface area contributed by atoms with Crippen LogP contribution in [-0.4, -0.2) is 61.6 Å². The number of guanidine groups is 1. The molecule has 0 aliphatic rings. The fraction of sp³-hybridized carbons (Fsp3) is 0.933. The van der Waals surface area contributed by atoms with Gasteiger partial charge in [-0.1, -0.05) is 20.8 Å². The Kier molecular flexibility index (Phi) is 12.1. The van der Waals surface area contributed by atoms with E-state index in [-0.39, 0.29) is 0 Å². The Labute approximate surface area is 130 Å². The first-order valence-electron chi connectivity index (χ1n) is 7.79.